The van der Waals surface area contributed by atoms with Crippen LogP contribution in [0.25, 0.3) is 21.9 Å². The smallest absolute Gasteiger partial charge is 0.253 e. The van der Waals surface area contributed by atoms with Crippen LogP contribution >= 0.6 is 0 Å². The lowest BCUT2D eigenvalue weighted by molar-refractivity contribution is 0.0773. The van der Waals surface area contributed by atoms with Crippen LogP contribution < -0.4 is 0 Å². The number of benzene rings is 4. The molecule has 1 heterocycles. The Bertz CT molecular complexity index is 1590. The Hall–Kier alpha value is -4.38. The number of phenolic OH excluding ortho intramolecular Hbond substituents is 1. The second-order valence-corrected chi connectivity index (χ2v) is 9.61. The first kappa shape index (κ1) is 25.3. The number of fused-ring (bicyclic) bond motifs is 1. The highest BCUT2D eigenvalue weighted by atomic mass is 16.3. The van der Waals surface area contributed by atoms with Crippen LogP contribution in [0.15, 0.2) is 91.0 Å². The van der Waals surface area contributed by atoms with Gasteiger partial charge < -0.3 is 10.0 Å². The molecule has 5 aromatic rings. The maximum Gasteiger partial charge on any atom is 0.253 e. The third-order valence-corrected chi connectivity index (χ3v) is 7.34. The summed E-state index contributed by atoms with van der Waals surface area (Å²) in [5.74, 6) is 0.233. The van der Waals surface area contributed by atoms with E-state index in [0.717, 1.165) is 33.6 Å². The number of aryl methyl sites for hydroxylation is 1. The minimum Gasteiger partial charge on any atom is -0.508 e. The number of aromatic nitrogens is 2. The molecule has 5 heteroatoms. The number of nitrogens with zero attached hydrogens (tertiary/aromatic N) is 3. The summed E-state index contributed by atoms with van der Waals surface area (Å²) >= 11 is 0. The van der Waals surface area contributed by atoms with Gasteiger partial charge in [0.05, 0.1) is 5.69 Å². The summed E-state index contributed by atoms with van der Waals surface area (Å²) < 4.78 is 2.04. The molecule has 192 valence electrons. The Balaban J connectivity index is 1.65. The van der Waals surface area contributed by atoms with E-state index in [1.165, 1.54) is 10.8 Å². The normalized spacial score (nSPS) is 12.0. The maximum absolute atomic E-state index is 12.9. The van der Waals surface area contributed by atoms with Crippen molar-refractivity contribution in [1.29, 1.82) is 0 Å². The highest BCUT2D eigenvalue weighted by Crippen LogP contribution is 2.37. The van der Waals surface area contributed by atoms with Gasteiger partial charge in [0.15, 0.2) is 0 Å². The zero-order chi connectivity index (χ0) is 26.8. The summed E-state index contributed by atoms with van der Waals surface area (Å²) in [6.45, 7) is 9.47. The standard InChI is InChI=1S/C33H33N3O2/c1-5-35(6-2)33(38)26-19-17-25(18-20-26)32(27-13-9-14-28(37)21-27)36-23(4)31(22(3)34-36)30-16-10-12-24-11-7-8-15-29(24)30/h7-21,32,37H,5-6H2,1-4H3. The van der Waals surface area contributed by atoms with Gasteiger partial charge in [0.1, 0.15) is 11.8 Å². The molecule has 1 atom stereocenters. The molecule has 5 nitrogen and oxygen atoms in total. The monoisotopic (exact) mass is 503 g/mol. The van der Waals surface area contributed by atoms with Crippen molar-refractivity contribution < 1.29 is 9.90 Å². The molecule has 1 amide bonds. The van der Waals surface area contributed by atoms with Crippen LogP contribution in [0, 0.1) is 13.8 Å². The molecule has 0 bridgehead atoms. The average molecular weight is 504 g/mol. The first-order valence-corrected chi connectivity index (χ1v) is 13.1. The number of hydrogen-bond donors (Lipinski definition) is 1. The van der Waals surface area contributed by atoms with Gasteiger partial charge in [-0.2, -0.15) is 5.10 Å². The minimum atomic E-state index is -0.276. The molecule has 0 aliphatic carbocycles. The van der Waals surface area contributed by atoms with E-state index >= 15 is 0 Å². The highest BCUT2D eigenvalue weighted by molar-refractivity contribution is 5.97. The fraction of sp³-hybridized carbons (Fsp3) is 0.212. The predicted molar refractivity (Wildman–Crippen MR) is 154 cm³/mol. The molecule has 0 aliphatic heterocycles. The Morgan fingerprint density at radius 3 is 2.26 bits per heavy atom. The lowest BCUT2D eigenvalue weighted by Gasteiger charge is -2.22. The molecule has 0 radical (unpaired) electrons. The van der Waals surface area contributed by atoms with Crippen LogP contribution in [0.3, 0.4) is 0 Å². The topological polar surface area (TPSA) is 58.4 Å². The van der Waals surface area contributed by atoms with Gasteiger partial charge in [-0.15, -0.1) is 0 Å². The maximum atomic E-state index is 12.9. The number of carbonyl (C=O) groups excluding carboxylic acids is 1. The van der Waals surface area contributed by atoms with Crippen LogP contribution in [0.4, 0.5) is 0 Å². The molecular formula is C33H33N3O2. The van der Waals surface area contributed by atoms with Crippen molar-refractivity contribution in [3.8, 4) is 16.9 Å². The van der Waals surface area contributed by atoms with Crippen molar-refractivity contribution in [2.75, 3.05) is 13.1 Å². The SMILES string of the molecule is CCN(CC)C(=O)c1ccc(C(c2cccc(O)c2)n2nc(C)c(-c3cccc4ccccc34)c2C)cc1. The number of rotatable bonds is 7. The lowest BCUT2D eigenvalue weighted by atomic mass is 9.95. The molecule has 0 fully saturated rings. The van der Waals surface area contributed by atoms with E-state index in [-0.39, 0.29) is 17.7 Å². The van der Waals surface area contributed by atoms with Crippen molar-refractivity contribution in [2.45, 2.75) is 33.7 Å². The molecule has 0 aliphatic rings. The molecule has 4 aromatic carbocycles. The summed E-state index contributed by atoms with van der Waals surface area (Å²) in [6, 6.07) is 29.6. The number of carbonyl (C=O) groups is 1. The van der Waals surface area contributed by atoms with E-state index in [1.807, 2.05) is 66.8 Å². The molecule has 38 heavy (non-hydrogen) atoms. The number of hydrogen-bond acceptors (Lipinski definition) is 3. The lowest BCUT2D eigenvalue weighted by Crippen LogP contribution is -2.30. The first-order valence-electron chi connectivity index (χ1n) is 13.1. The van der Waals surface area contributed by atoms with Gasteiger partial charge in [-0.25, -0.2) is 0 Å². The number of phenols is 1. The highest BCUT2D eigenvalue weighted by Gasteiger charge is 2.24. The summed E-state index contributed by atoms with van der Waals surface area (Å²) in [6.07, 6.45) is 0. The average Bonchev–Trinajstić information content (AvgIpc) is 3.22. The zero-order valence-corrected chi connectivity index (χ0v) is 22.3. The van der Waals surface area contributed by atoms with Crippen molar-refractivity contribution >= 4 is 16.7 Å². The van der Waals surface area contributed by atoms with Crippen molar-refractivity contribution in [3.05, 3.63) is 119 Å². The largest absolute Gasteiger partial charge is 0.508 e. The zero-order valence-electron chi connectivity index (χ0n) is 22.3. The van der Waals surface area contributed by atoms with Crippen LogP contribution in [0.5, 0.6) is 5.75 Å². The van der Waals surface area contributed by atoms with E-state index in [4.69, 9.17) is 5.10 Å². The fourth-order valence-corrected chi connectivity index (χ4v) is 5.42. The van der Waals surface area contributed by atoms with Gasteiger partial charge in [-0.05, 0) is 79.4 Å². The molecular weight excluding hydrogens is 470 g/mol. The van der Waals surface area contributed by atoms with Crippen molar-refractivity contribution in [3.63, 3.8) is 0 Å². The minimum absolute atomic E-state index is 0.0276. The van der Waals surface area contributed by atoms with Crippen LogP contribution in [0.2, 0.25) is 0 Å². The summed E-state index contributed by atoms with van der Waals surface area (Å²) in [5, 5.41) is 17.8. The van der Waals surface area contributed by atoms with E-state index in [0.29, 0.717) is 18.7 Å². The van der Waals surface area contributed by atoms with E-state index < -0.39 is 0 Å². The third kappa shape index (κ3) is 4.56. The van der Waals surface area contributed by atoms with Gasteiger partial charge in [-0.1, -0.05) is 66.7 Å². The quantitative estimate of drug-likeness (QED) is 0.257. The van der Waals surface area contributed by atoms with Crippen LogP contribution in [-0.4, -0.2) is 38.8 Å². The van der Waals surface area contributed by atoms with Gasteiger partial charge in [-0.3, -0.25) is 9.48 Å². The van der Waals surface area contributed by atoms with Gasteiger partial charge in [0.25, 0.3) is 5.91 Å². The molecule has 1 N–H and O–H groups in total. The first-order chi connectivity index (χ1) is 18.4. The summed E-state index contributed by atoms with van der Waals surface area (Å²) in [5.41, 5.74) is 6.81. The molecule has 1 unspecified atom stereocenters. The van der Waals surface area contributed by atoms with E-state index in [2.05, 4.69) is 49.4 Å². The van der Waals surface area contributed by atoms with Gasteiger partial charge >= 0.3 is 0 Å². The van der Waals surface area contributed by atoms with E-state index in [1.54, 1.807) is 12.1 Å². The molecule has 0 saturated carbocycles. The Morgan fingerprint density at radius 2 is 1.55 bits per heavy atom. The van der Waals surface area contributed by atoms with Gasteiger partial charge in [0.2, 0.25) is 0 Å². The molecule has 0 saturated heterocycles. The fourth-order valence-electron chi connectivity index (χ4n) is 5.42. The molecule has 1 aromatic heterocycles. The van der Waals surface area contributed by atoms with E-state index in [9.17, 15) is 9.90 Å². The second-order valence-electron chi connectivity index (χ2n) is 9.61. The molecule has 5 rings (SSSR count). The van der Waals surface area contributed by atoms with Crippen LogP contribution in [0.1, 0.15) is 52.8 Å². The van der Waals surface area contributed by atoms with Crippen molar-refractivity contribution in [1.82, 2.24) is 14.7 Å². The Morgan fingerprint density at radius 1 is 0.868 bits per heavy atom. The second kappa shape index (κ2) is 10.5. The van der Waals surface area contributed by atoms with Crippen LogP contribution in [-0.2, 0) is 0 Å². The Labute approximate surface area is 224 Å². The van der Waals surface area contributed by atoms with Crippen molar-refractivity contribution in [2.24, 2.45) is 0 Å². The van der Waals surface area contributed by atoms with Gasteiger partial charge in [0, 0.05) is 29.9 Å². The molecule has 0 spiro atoms. The summed E-state index contributed by atoms with van der Waals surface area (Å²) in [7, 11) is 0. The third-order valence-electron chi connectivity index (χ3n) is 7.34. The predicted octanol–water partition coefficient (Wildman–Crippen LogP) is 7.15. The number of aromatic hydroxyl groups is 1. The summed E-state index contributed by atoms with van der Waals surface area (Å²) in [4.78, 5) is 14.7. The number of amides is 1. The Kier molecular flexibility index (Phi) is 7.01.